The van der Waals surface area contributed by atoms with Crippen molar-refractivity contribution in [3.8, 4) is 0 Å². The standard InChI is InChI=1S/C12H17N5O/c18-12(4-10-17-9-2-6-16-17)15-5-1-3-11-13-7-8-14-11/h2,6-9H,1,3-5,10H2,(H,13,14)(H,15,18). The van der Waals surface area contributed by atoms with Crippen molar-refractivity contribution in [3.05, 3.63) is 36.7 Å². The molecule has 0 aliphatic rings. The molecule has 0 radical (unpaired) electrons. The summed E-state index contributed by atoms with van der Waals surface area (Å²) in [6.07, 6.45) is 9.30. The van der Waals surface area contributed by atoms with Gasteiger partial charge in [-0.25, -0.2) is 4.98 Å². The molecule has 2 N–H and O–H groups in total. The second-order valence-electron chi connectivity index (χ2n) is 4.01. The number of amides is 1. The summed E-state index contributed by atoms with van der Waals surface area (Å²) in [4.78, 5) is 18.7. The van der Waals surface area contributed by atoms with Crippen LogP contribution in [0.15, 0.2) is 30.9 Å². The first-order chi connectivity index (χ1) is 8.84. The lowest BCUT2D eigenvalue weighted by Gasteiger charge is -2.04. The maximum Gasteiger partial charge on any atom is 0.221 e. The zero-order valence-corrected chi connectivity index (χ0v) is 10.2. The fourth-order valence-electron chi connectivity index (χ4n) is 1.66. The molecular weight excluding hydrogens is 230 g/mol. The lowest BCUT2D eigenvalue weighted by atomic mass is 10.3. The van der Waals surface area contributed by atoms with E-state index >= 15 is 0 Å². The average Bonchev–Trinajstić information content (AvgIpc) is 3.04. The predicted octanol–water partition coefficient (Wildman–Crippen LogP) is 0.745. The van der Waals surface area contributed by atoms with Crippen LogP contribution >= 0.6 is 0 Å². The van der Waals surface area contributed by atoms with Gasteiger partial charge >= 0.3 is 0 Å². The Labute approximate surface area is 105 Å². The van der Waals surface area contributed by atoms with E-state index in [0.29, 0.717) is 19.5 Å². The fraction of sp³-hybridized carbons (Fsp3) is 0.417. The highest BCUT2D eigenvalue weighted by Gasteiger charge is 2.01. The Hall–Kier alpha value is -2.11. The van der Waals surface area contributed by atoms with Crippen LogP contribution in [-0.2, 0) is 17.8 Å². The number of aryl methyl sites for hydroxylation is 2. The van der Waals surface area contributed by atoms with Crippen LogP contribution < -0.4 is 5.32 Å². The Morgan fingerprint density at radius 3 is 3.11 bits per heavy atom. The van der Waals surface area contributed by atoms with E-state index in [2.05, 4.69) is 20.4 Å². The fourth-order valence-corrected chi connectivity index (χ4v) is 1.66. The van der Waals surface area contributed by atoms with E-state index in [1.807, 2.05) is 12.3 Å². The van der Waals surface area contributed by atoms with Crippen LogP contribution in [0, 0.1) is 0 Å². The number of nitrogens with zero attached hydrogens (tertiary/aromatic N) is 3. The third kappa shape index (κ3) is 4.04. The molecule has 0 unspecified atom stereocenters. The molecule has 96 valence electrons. The highest BCUT2D eigenvalue weighted by atomic mass is 16.1. The summed E-state index contributed by atoms with van der Waals surface area (Å²) in [7, 11) is 0. The lowest BCUT2D eigenvalue weighted by molar-refractivity contribution is -0.121. The number of carbonyl (C=O) groups excluding carboxylic acids is 1. The van der Waals surface area contributed by atoms with Gasteiger partial charge in [0.1, 0.15) is 5.82 Å². The molecule has 0 saturated heterocycles. The van der Waals surface area contributed by atoms with Crippen LogP contribution in [0.4, 0.5) is 0 Å². The van der Waals surface area contributed by atoms with E-state index in [-0.39, 0.29) is 5.91 Å². The van der Waals surface area contributed by atoms with Gasteiger partial charge in [0.05, 0.1) is 0 Å². The van der Waals surface area contributed by atoms with Gasteiger partial charge in [-0.2, -0.15) is 5.10 Å². The predicted molar refractivity (Wildman–Crippen MR) is 66.8 cm³/mol. The number of H-pyrrole nitrogens is 1. The van der Waals surface area contributed by atoms with Crippen molar-refractivity contribution in [2.75, 3.05) is 6.54 Å². The Bertz CT molecular complexity index is 449. The summed E-state index contributed by atoms with van der Waals surface area (Å²) in [5.41, 5.74) is 0. The third-order valence-corrected chi connectivity index (χ3v) is 2.59. The molecule has 0 saturated carbocycles. The maximum atomic E-state index is 11.5. The van der Waals surface area contributed by atoms with Crippen molar-refractivity contribution in [2.24, 2.45) is 0 Å². The molecule has 0 spiro atoms. The number of aromatic amines is 1. The first kappa shape index (κ1) is 12.3. The number of nitrogens with one attached hydrogen (secondary N) is 2. The van der Waals surface area contributed by atoms with Gasteiger partial charge in [0.15, 0.2) is 0 Å². The Morgan fingerprint density at radius 2 is 2.39 bits per heavy atom. The van der Waals surface area contributed by atoms with E-state index in [9.17, 15) is 4.79 Å². The van der Waals surface area contributed by atoms with Crippen LogP contribution in [0.3, 0.4) is 0 Å². The molecule has 0 aliphatic carbocycles. The number of rotatable bonds is 7. The number of hydrogen-bond donors (Lipinski definition) is 2. The van der Waals surface area contributed by atoms with Crippen LogP contribution in [0.25, 0.3) is 0 Å². The van der Waals surface area contributed by atoms with Crippen molar-refractivity contribution < 1.29 is 4.79 Å². The van der Waals surface area contributed by atoms with Crippen molar-refractivity contribution in [1.29, 1.82) is 0 Å². The summed E-state index contributed by atoms with van der Waals surface area (Å²) in [5, 5.41) is 6.93. The molecule has 0 aromatic carbocycles. The highest BCUT2D eigenvalue weighted by Crippen LogP contribution is 1.94. The second kappa shape index (κ2) is 6.58. The number of aromatic nitrogens is 4. The Balaban J connectivity index is 1.55. The van der Waals surface area contributed by atoms with Crippen molar-refractivity contribution in [3.63, 3.8) is 0 Å². The van der Waals surface area contributed by atoms with Crippen LogP contribution in [0.5, 0.6) is 0 Å². The Morgan fingerprint density at radius 1 is 1.44 bits per heavy atom. The molecular formula is C12H17N5O. The summed E-state index contributed by atoms with van der Waals surface area (Å²) >= 11 is 0. The van der Waals surface area contributed by atoms with Crippen molar-refractivity contribution in [1.82, 2.24) is 25.1 Å². The topological polar surface area (TPSA) is 75.6 Å². The van der Waals surface area contributed by atoms with E-state index in [4.69, 9.17) is 0 Å². The minimum atomic E-state index is 0.0601. The number of imidazole rings is 1. The second-order valence-corrected chi connectivity index (χ2v) is 4.01. The van der Waals surface area contributed by atoms with E-state index in [0.717, 1.165) is 18.7 Å². The SMILES string of the molecule is O=C(CCn1cccn1)NCCCc1ncc[nH]1. The zero-order valence-electron chi connectivity index (χ0n) is 10.2. The molecule has 6 nitrogen and oxygen atoms in total. The van der Waals surface area contributed by atoms with E-state index < -0.39 is 0 Å². The Kier molecular flexibility index (Phi) is 4.52. The smallest absolute Gasteiger partial charge is 0.221 e. The molecule has 0 atom stereocenters. The number of carbonyl (C=O) groups is 1. The van der Waals surface area contributed by atoms with Crippen LogP contribution in [-0.4, -0.2) is 32.2 Å². The van der Waals surface area contributed by atoms with Crippen molar-refractivity contribution in [2.45, 2.75) is 25.8 Å². The summed E-state index contributed by atoms with van der Waals surface area (Å²) < 4.78 is 1.75. The van der Waals surface area contributed by atoms with Gasteiger partial charge < -0.3 is 10.3 Å². The van der Waals surface area contributed by atoms with Gasteiger partial charge in [-0.3, -0.25) is 9.48 Å². The van der Waals surface area contributed by atoms with Gasteiger partial charge in [0, 0.05) is 50.7 Å². The monoisotopic (exact) mass is 247 g/mol. The van der Waals surface area contributed by atoms with Crippen LogP contribution in [0.1, 0.15) is 18.7 Å². The van der Waals surface area contributed by atoms with Gasteiger partial charge in [0.2, 0.25) is 5.91 Å². The largest absolute Gasteiger partial charge is 0.356 e. The first-order valence-corrected chi connectivity index (χ1v) is 6.07. The molecule has 2 aromatic rings. The quantitative estimate of drug-likeness (QED) is 0.709. The molecule has 0 bridgehead atoms. The molecule has 2 heterocycles. The summed E-state index contributed by atoms with van der Waals surface area (Å²) in [6.45, 7) is 1.30. The molecule has 2 rings (SSSR count). The third-order valence-electron chi connectivity index (χ3n) is 2.59. The molecule has 6 heteroatoms. The summed E-state index contributed by atoms with van der Waals surface area (Å²) in [5.74, 6) is 1.02. The number of hydrogen-bond acceptors (Lipinski definition) is 3. The minimum absolute atomic E-state index is 0.0601. The van der Waals surface area contributed by atoms with E-state index in [1.54, 1.807) is 23.3 Å². The molecule has 0 aliphatic heterocycles. The molecule has 2 aromatic heterocycles. The lowest BCUT2D eigenvalue weighted by Crippen LogP contribution is -2.25. The summed E-state index contributed by atoms with van der Waals surface area (Å²) in [6, 6.07) is 1.85. The van der Waals surface area contributed by atoms with E-state index in [1.165, 1.54) is 0 Å². The van der Waals surface area contributed by atoms with Gasteiger partial charge in [-0.05, 0) is 12.5 Å². The normalized spacial score (nSPS) is 10.4. The first-order valence-electron chi connectivity index (χ1n) is 6.07. The van der Waals surface area contributed by atoms with Crippen LogP contribution in [0.2, 0.25) is 0 Å². The molecule has 1 amide bonds. The van der Waals surface area contributed by atoms with Gasteiger partial charge in [0.25, 0.3) is 0 Å². The van der Waals surface area contributed by atoms with Gasteiger partial charge in [-0.15, -0.1) is 0 Å². The highest BCUT2D eigenvalue weighted by molar-refractivity contribution is 5.75. The van der Waals surface area contributed by atoms with Crippen molar-refractivity contribution >= 4 is 5.91 Å². The average molecular weight is 247 g/mol. The van der Waals surface area contributed by atoms with Gasteiger partial charge in [-0.1, -0.05) is 0 Å². The molecule has 0 fully saturated rings. The maximum absolute atomic E-state index is 11.5. The zero-order chi connectivity index (χ0) is 12.6. The molecule has 18 heavy (non-hydrogen) atoms. The minimum Gasteiger partial charge on any atom is -0.356 e.